The fourth-order valence-electron chi connectivity index (χ4n) is 2.74. The molecule has 0 saturated heterocycles. The van der Waals surface area contributed by atoms with Gasteiger partial charge in [0.1, 0.15) is 17.4 Å². The molecule has 0 fully saturated rings. The molecule has 2 aromatic heterocycles. The van der Waals surface area contributed by atoms with E-state index in [0.29, 0.717) is 10.7 Å². The average molecular weight is 444 g/mol. The molecule has 152 valence electrons. The predicted molar refractivity (Wildman–Crippen MR) is 113 cm³/mol. The van der Waals surface area contributed by atoms with Crippen LogP contribution in [0.5, 0.6) is 0 Å². The second kappa shape index (κ2) is 8.29. The van der Waals surface area contributed by atoms with Gasteiger partial charge in [0.25, 0.3) is 0 Å². The maximum atomic E-state index is 13.9. The zero-order valence-corrected chi connectivity index (χ0v) is 17.2. The first-order valence-corrected chi connectivity index (χ1v) is 10.0. The number of aryl methyl sites for hydroxylation is 1. The summed E-state index contributed by atoms with van der Waals surface area (Å²) in [4.78, 5) is 30.2. The molecule has 2 heterocycles. The van der Waals surface area contributed by atoms with Crippen molar-refractivity contribution >= 4 is 40.6 Å². The van der Waals surface area contributed by atoms with E-state index in [2.05, 4.69) is 15.4 Å². The van der Waals surface area contributed by atoms with Crippen molar-refractivity contribution in [2.75, 3.05) is 5.32 Å². The molecular formula is C20H15ClFN5O2S. The molecule has 7 nitrogen and oxygen atoms in total. The van der Waals surface area contributed by atoms with Gasteiger partial charge in [-0.25, -0.2) is 23.3 Å². The second-order valence-electron chi connectivity index (χ2n) is 6.45. The highest BCUT2D eigenvalue weighted by atomic mass is 35.5. The molecule has 1 amide bonds. The van der Waals surface area contributed by atoms with Gasteiger partial charge in [-0.3, -0.25) is 4.79 Å². The molecule has 0 aliphatic heterocycles. The molecule has 0 saturated carbocycles. The van der Waals surface area contributed by atoms with Crippen LogP contribution < -0.4 is 11.0 Å². The van der Waals surface area contributed by atoms with Gasteiger partial charge in [-0.05, 0) is 37.3 Å². The molecule has 4 rings (SSSR count). The van der Waals surface area contributed by atoms with Crippen LogP contribution in [0.3, 0.4) is 0 Å². The Kier molecular flexibility index (Phi) is 5.56. The van der Waals surface area contributed by atoms with Crippen molar-refractivity contribution in [3.05, 3.63) is 81.7 Å². The molecule has 0 atom stereocenters. The number of hydrogen-bond donors (Lipinski definition) is 1. The largest absolute Gasteiger partial charge is 0.350 e. The molecule has 0 radical (unpaired) electrons. The summed E-state index contributed by atoms with van der Waals surface area (Å²) >= 11 is 7.07. The van der Waals surface area contributed by atoms with Crippen molar-refractivity contribution in [1.82, 2.24) is 19.2 Å². The molecule has 0 spiro atoms. The van der Waals surface area contributed by atoms with E-state index in [4.69, 9.17) is 11.6 Å². The Morgan fingerprint density at radius 1 is 1.23 bits per heavy atom. The minimum Gasteiger partial charge on any atom is -0.322 e. The Bertz CT molecular complexity index is 1300. The Labute approximate surface area is 179 Å². The van der Waals surface area contributed by atoms with Crippen LogP contribution >= 0.6 is 23.4 Å². The number of hydrogen-bond acceptors (Lipinski definition) is 5. The van der Waals surface area contributed by atoms with Crippen LogP contribution in [0.2, 0.25) is 5.02 Å². The number of aromatic nitrogens is 4. The van der Waals surface area contributed by atoms with E-state index in [1.807, 2.05) is 31.2 Å². The second-order valence-corrected chi connectivity index (χ2v) is 7.95. The molecule has 0 unspecified atom stereocenters. The summed E-state index contributed by atoms with van der Waals surface area (Å²) in [6.45, 7) is 1.62. The lowest BCUT2D eigenvalue weighted by Gasteiger charge is -2.06. The minimum absolute atomic E-state index is 0.0292. The molecule has 0 aliphatic rings. The van der Waals surface area contributed by atoms with Gasteiger partial charge in [-0.1, -0.05) is 41.1 Å². The molecule has 0 bridgehead atoms. The van der Waals surface area contributed by atoms with E-state index in [1.165, 1.54) is 40.7 Å². The highest BCUT2D eigenvalue weighted by Gasteiger charge is 2.16. The number of halogens is 2. The molecule has 0 aliphatic carbocycles. The number of rotatable bonds is 5. The van der Waals surface area contributed by atoms with Crippen molar-refractivity contribution in [3.8, 4) is 0 Å². The van der Waals surface area contributed by atoms with Crippen molar-refractivity contribution < 1.29 is 9.18 Å². The predicted octanol–water partition coefficient (Wildman–Crippen LogP) is 3.78. The summed E-state index contributed by atoms with van der Waals surface area (Å²) in [6, 6.07) is 11.8. The normalized spacial score (nSPS) is 11.0. The van der Waals surface area contributed by atoms with Crippen LogP contribution in [-0.2, 0) is 11.3 Å². The lowest BCUT2D eigenvalue weighted by atomic mass is 10.2. The van der Waals surface area contributed by atoms with E-state index >= 15 is 0 Å². The Hall–Kier alpha value is -3.17. The SMILES string of the molecule is Cc1ccc(Sc2nccn3c(=O)n(CC(=O)Nc4ccc(Cl)cc4F)nc23)cc1. The van der Waals surface area contributed by atoms with Gasteiger partial charge >= 0.3 is 5.69 Å². The lowest BCUT2D eigenvalue weighted by Crippen LogP contribution is -2.28. The lowest BCUT2D eigenvalue weighted by molar-refractivity contribution is -0.117. The average Bonchev–Trinajstić information content (AvgIpc) is 3.02. The zero-order valence-electron chi connectivity index (χ0n) is 15.7. The van der Waals surface area contributed by atoms with Gasteiger partial charge in [-0.2, -0.15) is 0 Å². The van der Waals surface area contributed by atoms with E-state index in [0.717, 1.165) is 21.2 Å². The monoisotopic (exact) mass is 443 g/mol. The van der Waals surface area contributed by atoms with Gasteiger partial charge in [0.05, 0.1) is 5.69 Å². The number of amides is 1. The van der Waals surface area contributed by atoms with E-state index < -0.39 is 17.4 Å². The van der Waals surface area contributed by atoms with Crippen LogP contribution in [-0.4, -0.2) is 25.1 Å². The number of anilines is 1. The third-order valence-corrected chi connectivity index (χ3v) is 5.43. The summed E-state index contributed by atoms with van der Waals surface area (Å²) < 4.78 is 16.2. The topological polar surface area (TPSA) is 81.3 Å². The maximum absolute atomic E-state index is 13.9. The van der Waals surface area contributed by atoms with Crippen LogP contribution in [0.15, 0.2) is 69.6 Å². The molecule has 1 N–H and O–H groups in total. The molecule has 10 heteroatoms. The van der Waals surface area contributed by atoms with Crippen molar-refractivity contribution in [2.24, 2.45) is 0 Å². The molecular weight excluding hydrogens is 429 g/mol. The first-order chi connectivity index (χ1) is 14.4. The first-order valence-electron chi connectivity index (χ1n) is 8.84. The maximum Gasteiger partial charge on any atom is 0.350 e. The highest BCUT2D eigenvalue weighted by Crippen LogP contribution is 2.28. The smallest absolute Gasteiger partial charge is 0.322 e. The van der Waals surface area contributed by atoms with Crippen LogP contribution in [0, 0.1) is 12.7 Å². The fourth-order valence-corrected chi connectivity index (χ4v) is 3.73. The van der Waals surface area contributed by atoms with Gasteiger partial charge in [0.15, 0.2) is 5.65 Å². The van der Waals surface area contributed by atoms with Crippen LogP contribution in [0.25, 0.3) is 5.65 Å². The number of benzene rings is 2. The quantitative estimate of drug-likeness (QED) is 0.507. The van der Waals surface area contributed by atoms with Gasteiger partial charge in [-0.15, -0.1) is 5.10 Å². The number of carbonyl (C=O) groups is 1. The summed E-state index contributed by atoms with van der Waals surface area (Å²) in [5.41, 5.74) is 0.941. The molecule has 2 aromatic carbocycles. The third kappa shape index (κ3) is 4.22. The summed E-state index contributed by atoms with van der Waals surface area (Å²) in [6.07, 6.45) is 2.98. The van der Waals surface area contributed by atoms with Gasteiger partial charge in [0.2, 0.25) is 5.91 Å². The van der Waals surface area contributed by atoms with E-state index in [9.17, 15) is 14.0 Å². The van der Waals surface area contributed by atoms with Gasteiger partial charge < -0.3 is 5.32 Å². The fraction of sp³-hybridized carbons (Fsp3) is 0.100. The minimum atomic E-state index is -0.667. The molecule has 4 aromatic rings. The van der Waals surface area contributed by atoms with Crippen LogP contribution in [0.4, 0.5) is 10.1 Å². The van der Waals surface area contributed by atoms with Crippen LogP contribution in [0.1, 0.15) is 5.56 Å². The third-order valence-electron chi connectivity index (χ3n) is 4.20. The highest BCUT2D eigenvalue weighted by molar-refractivity contribution is 7.99. The van der Waals surface area contributed by atoms with E-state index in [1.54, 1.807) is 0 Å². The summed E-state index contributed by atoms with van der Waals surface area (Å²) in [5, 5.41) is 7.41. The standard InChI is InChI=1S/C20H15ClFN5O2S/c1-12-2-5-14(6-3-12)30-19-18-25-27(20(29)26(18)9-8-23-19)11-17(28)24-16-7-4-13(21)10-15(16)22/h2-10H,11H2,1H3,(H,24,28). The number of nitrogens with zero attached hydrogens (tertiary/aromatic N) is 4. The Balaban J connectivity index is 1.59. The van der Waals surface area contributed by atoms with Gasteiger partial charge in [0, 0.05) is 22.3 Å². The Morgan fingerprint density at radius 2 is 2.00 bits per heavy atom. The number of carbonyl (C=O) groups excluding carboxylic acids is 1. The van der Waals surface area contributed by atoms with E-state index in [-0.39, 0.29) is 17.3 Å². The van der Waals surface area contributed by atoms with Crippen molar-refractivity contribution in [3.63, 3.8) is 0 Å². The zero-order chi connectivity index (χ0) is 21.3. The summed E-state index contributed by atoms with van der Waals surface area (Å²) in [5.74, 6) is -1.26. The van der Waals surface area contributed by atoms with Crippen molar-refractivity contribution in [1.29, 1.82) is 0 Å². The Morgan fingerprint density at radius 3 is 2.73 bits per heavy atom. The first kappa shape index (κ1) is 20.1. The molecule has 30 heavy (non-hydrogen) atoms. The summed E-state index contributed by atoms with van der Waals surface area (Å²) in [7, 11) is 0. The van der Waals surface area contributed by atoms with Crippen molar-refractivity contribution in [2.45, 2.75) is 23.4 Å². The number of fused-ring (bicyclic) bond motifs is 1. The number of nitrogens with one attached hydrogen (secondary N) is 1.